The topological polar surface area (TPSA) is 67.8 Å². The molecule has 140 valence electrons. The van der Waals surface area contributed by atoms with Gasteiger partial charge in [-0.05, 0) is 32.9 Å². The zero-order valence-corrected chi connectivity index (χ0v) is 14.4. The Kier molecular flexibility index (Phi) is 5.51. The first-order chi connectivity index (χ1) is 11.5. The Morgan fingerprint density at radius 2 is 2.12 bits per heavy atom. The summed E-state index contributed by atoms with van der Waals surface area (Å²) in [4.78, 5) is 11.8. The normalized spacial score (nSPS) is 18.9. The zero-order valence-electron chi connectivity index (χ0n) is 14.4. The summed E-state index contributed by atoms with van der Waals surface area (Å²) in [5.41, 5.74) is -1.48. The van der Waals surface area contributed by atoms with Crippen molar-refractivity contribution in [3.8, 4) is 11.5 Å². The molecule has 0 aliphatic carbocycles. The standard InChI is InChI=1S/C17H22F3NO4/c1-4-24-13-6-11-5-10(2)25-14(11)7-12(13)9-21-15(22)8-16(3,23)17(18,19)20/h6-7,10,23H,4-5,8-9H2,1-3H3,(H,21,22)/t10-,16-/m1/s1. The molecule has 25 heavy (non-hydrogen) atoms. The lowest BCUT2D eigenvalue weighted by Crippen LogP contribution is -2.46. The number of fused-ring (bicyclic) bond motifs is 1. The number of aliphatic hydroxyl groups is 1. The third kappa shape index (κ3) is 4.56. The fourth-order valence-corrected chi connectivity index (χ4v) is 2.58. The van der Waals surface area contributed by atoms with Gasteiger partial charge < -0.3 is 19.9 Å². The number of rotatable bonds is 6. The third-order valence-corrected chi connectivity index (χ3v) is 3.97. The number of ether oxygens (including phenoxy) is 2. The van der Waals surface area contributed by atoms with Crippen LogP contribution < -0.4 is 14.8 Å². The molecule has 2 N–H and O–H groups in total. The van der Waals surface area contributed by atoms with E-state index in [1.807, 2.05) is 19.9 Å². The maximum Gasteiger partial charge on any atom is 0.417 e. The molecule has 1 aliphatic rings. The van der Waals surface area contributed by atoms with Gasteiger partial charge in [0.2, 0.25) is 5.91 Å². The highest BCUT2D eigenvalue weighted by Crippen LogP contribution is 2.35. The van der Waals surface area contributed by atoms with Crippen molar-refractivity contribution in [3.05, 3.63) is 23.3 Å². The summed E-state index contributed by atoms with van der Waals surface area (Å²) in [6.45, 7) is 4.71. The van der Waals surface area contributed by atoms with Crippen LogP contribution >= 0.6 is 0 Å². The average Bonchev–Trinajstić information content (AvgIpc) is 2.82. The predicted octanol–water partition coefficient (Wildman–Crippen LogP) is 2.73. The first kappa shape index (κ1) is 19.4. The molecule has 8 heteroatoms. The first-order valence-corrected chi connectivity index (χ1v) is 8.04. The van der Waals surface area contributed by atoms with Gasteiger partial charge in [0.15, 0.2) is 5.60 Å². The highest BCUT2D eigenvalue weighted by atomic mass is 19.4. The lowest BCUT2D eigenvalue weighted by atomic mass is 10.0. The summed E-state index contributed by atoms with van der Waals surface area (Å²) in [5, 5.41) is 11.8. The number of hydrogen-bond acceptors (Lipinski definition) is 4. The third-order valence-electron chi connectivity index (χ3n) is 3.97. The quantitative estimate of drug-likeness (QED) is 0.818. The Hall–Kier alpha value is -1.96. The zero-order chi connectivity index (χ0) is 18.8. The molecule has 1 aliphatic heterocycles. The van der Waals surface area contributed by atoms with E-state index in [0.717, 1.165) is 12.0 Å². The van der Waals surface area contributed by atoms with Crippen molar-refractivity contribution in [1.29, 1.82) is 0 Å². The molecule has 2 atom stereocenters. The van der Waals surface area contributed by atoms with Gasteiger partial charge in [-0.3, -0.25) is 4.79 Å². The van der Waals surface area contributed by atoms with Crippen LogP contribution in [0.4, 0.5) is 13.2 Å². The van der Waals surface area contributed by atoms with Crippen LogP contribution in [0, 0.1) is 0 Å². The van der Waals surface area contributed by atoms with Gasteiger partial charge in [0, 0.05) is 24.1 Å². The van der Waals surface area contributed by atoms with Crippen LogP contribution in [0.2, 0.25) is 0 Å². The summed E-state index contributed by atoms with van der Waals surface area (Å²) in [6, 6.07) is 3.56. The number of carbonyl (C=O) groups is 1. The van der Waals surface area contributed by atoms with Crippen molar-refractivity contribution in [3.63, 3.8) is 0 Å². The molecule has 1 aromatic rings. The van der Waals surface area contributed by atoms with Gasteiger partial charge in [0.1, 0.15) is 17.6 Å². The fraction of sp³-hybridized carbons (Fsp3) is 0.588. The molecule has 0 unspecified atom stereocenters. The summed E-state index contributed by atoms with van der Waals surface area (Å²) < 4.78 is 49.1. The van der Waals surface area contributed by atoms with E-state index in [9.17, 15) is 23.1 Å². The Morgan fingerprint density at radius 3 is 2.72 bits per heavy atom. The molecule has 1 amide bonds. The van der Waals surface area contributed by atoms with E-state index in [1.165, 1.54) is 0 Å². The van der Waals surface area contributed by atoms with Gasteiger partial charge in [-0.15, -0.1) is 0 Å². The molecular formula is C17H22F3NO4. The van der Waals surface area contributed by atoms with Crippen LogP contribution in [-0.4, -0.2) is 35.5 Å². The lowest BCUT2D eigenvalue weighted by molar-refractivity contribution is -0.253. The van der Waals surface area contributed by atoms with E-state index < -0.39 is 24.1 Å². The lowest BCUT2D eigenvalue weighted by Gasteiger charge is -2.25. The van der Waals surface area contributed by atoms with Crippen LogP contribution in [0.1, 0.15) is 38.3 Å². The van der Waals surface area contributed by atoms with Crippen LogP contribution in [0.25, 0.3) is 0 Å². The Labute approximate surface area is 144 Å². The average molecular weight is 361 g/mol. The van der Waals surface area contributed by atoms with Crippen LogP contribution in [-0.2, 0) is 17.8 Å². The van der Waals surface area contributed by atoms with Crippen molar-refractivity contribution in [2.75, 3.05) is 6.61 Å². The van der Waals surface area contributed by atoms with Gasteiger partial charge in [-0.1, -0.05) is 0 Å². The highest BCUT2D eigenvalue weighted by Gasteiger charge is 2.50. The highest BCUT2D eigenvalue weighted by molar-refractivity contribution is 5.77. The summed E-state index contributed by atoms with van der Waals surface area (Å²) in [7, 11) is 0. The largest absolute Gasteiger partial charge is 0.494 e. The number of carbonyl (C=O) groups excluding carboxylic acids is 1. The van der Waals surface area contributed by atoms with E-state index in [1.54, 1.807) is 6.07 Å². The summed E-state index contributed by atoms with van der Waals surface area (Å²) >= 11 is 0. The molecule has 1 aromatic carbocycles. The maximum atomic E-state index is 12.6. The van der Waals surface area contributed by atoms with Gasteiger partial charge >= 0.3 is 6.18 Å². The number of alkyl halides is 3. The molecule has 0 bridgehead atoms. The number of benzene rings is 1. The molecule has 0 radical (unpaired) electrons. The smallest absolute Gasteiger partial charge is 0.417 e. The fourth-order valence-electron chi connectivity index (χ4n) is 2.58. The minimum Gasteiger partial charge on any atom is -0.494 e. The second-order valence-corrected chi connectivity index (χ2v) is 6.36. The van der Waals surface area contributed by atoms with Crippen molar-refractivity contribution in [2.24, 2.45) is 0 Å². The van der Waals surface area contributed by atoms with E-state index >= 15 is 0 Å². The molecular weight excluding hydrogens is 339 g/mol. The maximum absolute atomic E-state index is 12.6. The van der Waals surface area contributed by atoms with Gasteiger partial charge in [0.25, 0.3) is 0 Å². The minimum absolute atomic E-state index is 0.0207. The first-order valence-electron chi connectivity index (χ1n) is 8.04. The molecule has 1 heterocycles. The van der Waals surface area contributed by atoms with Crippen LogP contribution in [0.15, 0.2) is 12.1 Å². The molecule has 0 saturated heterocycles. The van der Waals surface area contributed by atoms with Crippen LogP contribution in [0.5, 0.6) is 11.5 Å². The molecule has 0 spiro atoms. The molecule has 0 fully saturated rings. The van der Waals surface area contributed by atoms with E-state index in [2.05, 4.69) is 5.32 Å². The summed E-state index contributed by atoms with van der Waals surface area (Å²) in [6.07, 6.45) is -5.16. The van der Waals surface area contributed by atoms with Crippen molar-refractivity contribution >= 4 is 5.91 Å². The molecule has 5 nitrogen and oxygen atoms in total. The van der Waals surface area contributed by atoms with Crippen molar-refractivity contribution in [2.45, 2.75) is 58.0 Å². The Morgan fingerprint density at radius 1 is 1.44 bits per heavy atom. The molecule has 0 aromatic heterocycles. The monoisotopic (exact) mass is 361 g/mol. The number of nitrogens with one attached hydrogen (secondary N) is 1. The minimum atomic E-state index is -4.88. The van der Waals surface area contributed by atoms with E-state index in [-0.39, 0.29) is 12.6 Å². The number of halogens is 3. The second-order valence-electron chi connectivity index (χ2n) is 6.36. The van der Waals surface area contributed by atoms with Crippen molar-refractivity contribution < 1.29 is 32.5 Å². The van der Waals surface area contributed by atoms with Gasteiger partial charge in [-0.2, -0.15) is 13.2 Å². The van der Waals surface area contributed by atoms with E-state index in [0.29, 0.717) is 30.6 Å². The van der Waals surface area contributed by atoms with E-state index in [4.69, 9.17) is 9.47 Å². The van der Waals surface area contributed by atoms with Gasteiger partial charge in [0.05, 0.1) is 13.0 Å². The molecule has 2 rings (SSSR count). The second kappa shape index (κ2) is 7.11. The Bertz CT molecular complexity index is 644. The number of amides is 1. The predicted molar refractivity (Wildman–Crippen MR) is 84.5 cm³/mol. The van der Waals surface area contributed by atoms with Gasteiger partial charge in [-0.25, -0.2) is 0 Å². The molecule has 0 saturated carbocycles. The SMILES string of the molecule is CCOc1cc2c(cc1CNC(=O)C[C@@](C)(O)C(F)(F)F)O[C@H](C)C2. The number of hydrogen-bond donors (Lipinski definition) is 2. The summed E-state index contributed by atoms with van der Waals surface area (Å²) in [5.74, 6) is 0.337. The van der Waals surface area contributed by atoms with Crippen LogP contribution in [0.3, 0.4) is 0 Å². The van der Waals surface area contributed by atoms with Crippen molar-refractivity contribution in [1.82, 2.24) is 5.32 Å². The Balaban J connectivity index is 2.07.